The van der Waals surface area contributed by atoms with Crippen molar-refractivity contribution in [3.8, 4) is 5.75 Å². The van der Waals surface area contributed by atoms with Crippen LogP contribution in [0.1, 0.15) is 11.1 Å². The number of anilines is 1. The maximum Gasteiger partial charge on any atom is 0.307 e. The zero-order valence-corrected chi connectivity index (χ0v) is 10.4. The van der Waals surface area contributed by atoms with Crippen LogP contribution in [0.5, 0.6) is 5.75 Å². The van der Waals surface area contributed by atoms with Crippen LogP contribution in [0.3, 0.4) is 0 Å². The van der Waals surface area contributed by atoms with E-state index in [0.717, 1.165) is 11.1 Å². The molecule has 4 heteroatoms. The SMILES string of the molecule is Nc1ccc(OCc2ccccc2CC(=O)O)cc1. The van der Waals surface area contributed by atoms with Crippen LogP contribution in [0, 0.1) is 0 Å². The van der Waals surface area contributed by atoms with E-state index in [0.29, 0.717) is 18.0 Å². The van der Waals surface area contributed by atoms with E-state index in [2.05, 4.69) is 0 Å². The van der Waals surface area contributed by atoms with Crippen molar-refractivity contribution < 1.29 is 14.6 Å². The number of nitrogen functional groups attached to an aromatic ring is 1. The Labute approximate surface area is 111 Å². The van der Waals surface area contributed by atoms with E-state index in [9.17, 15) is 4.79 Å². The number of carbonyl (C=O) groups is 1. The summed E-state index contributed by atoms with van der Waals surface area (Å²) in [6.07, 6.45) is 0.00126. The van der Waals surface area contributed by atoms with Crippen molar-refractivity contribution in [1.29, 1.82) is 0 Å². The van der Waals surface area contributed by atoms with Gasteiger partial charge in [0, 0.05) is 5.69 Å². The Morgan fingerprint density at radius 3 is 2.32 bits per heavy atom. The third kappa shape index (κ3) is 3.74. The van der Waals surface area contributed by atoms with E-state index in [-0.39, 0.29) is 6.42 Å². The first-order valence-corrected chi connectivity index (χ1v) is 5.92. The van der Waals surface area contributed by atoms with Crippen LogP contribution in [-0.2, 0) is 17.8 Å². The highest BCUT2D eigenvalue weighted by Crippen LogP contribution is 2.17. The second-order valence-electron chi connectivity index (χ2n) is 4.20. The molecule has 2 rings (SSSR count). The Bertz CT molecular complexity index is 564. The number of rotatable bonds is 5. The molecule has 0 unspecified atom stereocenters. The number of hydrogen-bond acceptors (Lipinski definition) is 3. The molecule has 0 heterocycles. The average Bonchev–Trinajstić information content (AvgIpc) is 2.39. The van der Waals surface area contributed by atoms with Crippen molar-refractivity contribution in [2.75, 3.05) is 5.73 Å². The van der Waals surface area contributed by atoms with E-state index in [1.54, 1.807) is 30.3 Å². The molecule has 0 aliphatic carbocycles. The van der Waals surface area contributed by atoms with Gasteiger partial charge in [0.25, 0.3) is 0 Å². The topological polar surface area (TPSA) is 72.5 Å². The summed E-state index contributed by atoms with van der Waals surface area (Å²) in [5.41, 5.74) is 7.92. The molecule has 0 amide bonds. The van der Waals surface area contributed by atoms with Gasteiger partial charge in [-0.2, -0.15) is 0 Å². The number of hydrogen-bond donors (Lipinski definition) is 2. The fourth-order valence-electron chi connectivity index (χ4n) is 1.76. The summed E-state index contributed by atoms with van der Waals surface area (Å²) in [6.45, 7) is 0.341. The first kappa shape index (κ1) is 13.0. The van der Waals surface area contributed by atoms with Crippen molar-refractivity contribution in [2.24, 2.45) is 0 Å². The zero-order valence-electron chi connectivity index (χ0n) is 10.4. The van der Waals surface area contributed by atoms with Crippen molar-refractivity contribution in [1.82, 2.24) is 0 Å². The van der Waals surface area contributed by atoms with Crippen LogP contribution in [0.15, 0.2) is 48.5 Å². The minimum atomic E-state index is -0.847. The van der Waals surface area contributed by atoms with Crippen molar-refractivity contribution in [2.45, 2.75) is 13.0 Å². The Kier molecular flexibility index (Phi) is 4.03. The van der Waals surface area contributed by atoms with Gasteiger partial charge in [-0.3, -0.25) is 4.79 Å². The molecule has 0 atom stereocenters. The van der Waals surface area contributed by atoms with Crippen LogP contribution >= 0.6 is 0 Å². The van der Waals surface area contributed by atoms with Gasteiger partial charge in [-0.05, 0) is 35.4 Å². The lowest BCUT2D eigenvalue weighted by Gasteiger charge is -2.10. The predicted octanol–water partition coefficient (Wildman–Crippen LogP) is 2.47. The molecule has 0 radical (unpaired) electrons. The molecule has 2 aromatic rings. The zero-order chi connectivity index (χ0) is 13.7. The van der Waals surface area contributed by atoms with Crippen LogP contribution in [0.4, 0.5) is 5.69 Å². The highest BCUT2D eigenvalue weighted by atomic mass is 16.5. The van der Waals surface area contributed by atoms with Gasteiger partial charge in [-0.25, -0.2) is 0 Å². The van der Waals surface area contributed by atoms with Crippen molar-refractivity contribution in [3.05, 3.63) is 59.7 Å². The minimum absolute atomic E-state index is 0.00126. The highest BCUT2D eigenvalue weighted by Gasteiger charge is 2.06. The Morgan fingerprint density at radius 1 is 1.05 bits per heavy atom. The molecule has 0 bridgehead atoms. The van der Waals surface area contributed by atoms with Gasteiger partial charge in [0.1, 0.15) is 12.4 Å². The molecule has 0 spiro atoms. The third-order valence-electron chi connectivity index (χ3n) is 2.73. The van der Waals surface area contributed by atoms with E-state index in [4.69, 9.17) is 15.6 Å². The average molecular weight is 257 g/mol. The van der Waals surface area contributed by atoms with Crippen LogP contribution in [0.25, 0.3) is 0 Å². The second kappa shape index (κ2) is 5.91. The molecule has 19 heavy (non-hydrogen) atoms. The van der Waals surface area contributed by atoms with E-state index in [1.807, 2.05) is 18.2 Å². The normalized spacial score (nSPS) is 10.1. The number of carboxylic acids is 1. The summed E-state index contributed by atoms with van der Waals surface area (Å²) < 4.78 is 5.62. The Balaban J connectivity index is 2.06. The largest absolute Gasteiger partial charge is 0.489 e. The molecule has 0 aliphatic heterocycles. The van der Waals surface area contributed by atoms with Gasteiger partial charge < -0.3 is 15.6 Å². The monoisotopic (exact) mass is 257 g/mol. The molecule has 0 fully saturated rings. The number of nitrogens with two attached hydrogens (primary N) is 1. The molecule has 0 aromatic heterocycles. The molecule has 3 N–H and O–H groups in total. The summed E-state index contributed by atoms with van der Waals surface area (Å²) in [5, 5.41) is 8.85. The molecular weight excluding hydrogens is 242 g/mol. The summed E-state index contributed by atoms with van der Waals surface area (Å²) in [4.78, 5) is 10.8. The molecular formula is C15H15NO3. The molecule has 0 saturated carbocycles. The maximum atomic E-state index is 10.8. The first-order valence-electron chi connectivity index (χ1n) is 5.92. The quantitative estimate of drug-likeness (QED) is 0.807. The van der Waals surface area contributed by atoms with Gasteiger partial charge in [-0.1, -0.05) is 24.3 Å². The summed E-state index contributed by atoms with van der Waals surface area (Å²) in [7, 11) is 0. The highest BCUT2D eigenvalue weighted by molar-refractivity contribution is 5.70. The van der Waals surface area contributed by atoms with Gasteiger partial charge in [0.2, 0.25) is 0 Å². The van der Waals surface area contributed by atoms with Crippen molar-refractivity contribution >= 4 is 11.7 Å². The molecule has 0 saturated heterocycles. The van der Waals surface area contributed by atoms with Gasteiger partial charge in [-0.15, -0.1) is 0 Å². The number of aliphatic carboxylic acids is 1. The Hall–Kier alpha value is -2.49. The first-order chi connectivity index (χ1) is 9.15. The smallest absolute Gasteiger partial charge is 0.307 e. The van der Waals surface area contributed by atoms with E-state index < -0.39 is 5.97 Å². The number of benzene rings is 2. The van der Waals surface area contributed by atoms with Crippen molar-refractivity contribution in [3.63, 3.8) is 0 Å². The van der Waals surface area contributed by atoms with E-state index >= 15 is 0 Å². The van der Waals surface area contributed by atoms with Crippen LogP contribution < -0.4 is 10.5 Å². The second-order valence-corrected chi connectivity index (χ2v) is 4.20. The summed E-state index contributed by atoms with van der Waals surface area (Å²) >= 11 is 0. The molecule has 0 aliphatic rings. The van der Waals surface area contributed by atoms with Crippen LogP contribution in [-0.4, -0.2) is 11.1 Å². The number of ether oxygens (including phenoxy) is 1. The lowest BCUT2D eigenvalue weighted by Crippen LogP contribution is -2.05. The molecule has 4 nitrogen and oxygen atoms in total. The maximum absolute atomic E-state index is 10.8. The van der Waals surface area contributed by atoms with Gasteiger partial charge in [0.15, 0.2) is 0 Å². The molecule has 2 aromatic carbocycles. The van der Waals surface area contributed by atoms with Crippen LogP contribution in [0.2, 0.25) is 0 Å². The minimum Gasteiger partial charge on any atom is -0.489 e. The van der Waals surface area contributed by atoms with Gasteiger partial charge in [0.05, 0.1) is 6.42 Å². The fourth-order valence-corrected chi connectivity index (χ4v) is 1.76. The van der Waals surface area contributed by atoms with E-state index in [1.165, 1.54) is 0 Å². The Morgan fingerprint density at radius 2 is 1.68 bits per heavy atom. The molecule has 98 valence electrons. The fraction of sp³-hybridized carbons (Fsp3) is 0.133. The summed E-state index contributed by atoms with van der Waals surface area (Å²) in [5.74, 6) is -0.140. The standard InChI is InChI=1S/C15H15NO3/c16-13-5-7-14(8-6-13)19-10-12-4-2-1-3-11(12)9-15(17)18/h1-8H,9-10,16H2,(H,17,18). The predicted molar refractivity (Wildman–Crippen MR) is 73.0 cm³/mol. The van der Waals surface area contributed by atoms with Gasteiger partial charge >= 0.3 is 5.97 Å². The third-order valence-corrected chi connectivity index (χ3v) is 2.73. The lowest BCUT2D eigenvalue weighted by atomic mass is 10.1. The lowest BCUT2D eigenvalue weighted by molar-refractivity contribution is -0.136. The number of carboxylic acid groups (broad SMARTS) is 1. The summed E-state index contributed by atoms with van der Waals surface area (Å²) in [6, 6.07) is 14.5.